The molecule has 0 atom stereocenters. The molecular weight excluding hydrogens is 160 g/mol. The van der Waals surface area contributed by atoms with E-state index < -0.39 is 11.4 Å². The van der Waals surface area contributed by atoms with Crippen LogP contribution in [0.1, 0.15) is 16.1 Å². The Morgan fingerprint density at radius 2 is 2.33 bits per heavy atom. The number of hydrogen-bond donors (Lipinski definition) is 2. The molecule has 0 aliphatic heterocycles. The Kier molecular flexibility index (Phi) is 1.92. The number of aromatic amines is 1. The fourth-order valence-corrected chi connectivity index (χ4v) is 0.682. The summed E-state index contributed by atoms with van der Waals surface area (Å²) in [7, 11) is 0. The zero-order valence-electron chi connectivity index (χ0n) is 5.87. The monoisotopic (exact) mass is 164 g/mol. The molecule has 0 aromatic carbocycles. The lowest BCUT2D eigenvalue weighted by atomic mass is 10.2. The summed E-state index contributed by atoms with van der Waals surface area (Å²) in [6.07, 6.45) is 1.08. The standard InChI is InChI=1S/C7H4N2O3/c8-2-4-3-9-5(7(11)12)1-6(4)10/h1,3H,(H,9,10)(H,11,12). The summed E-state index contributed by atoms with van der Waals surface area (Å²) in [5, 5.41) is 16.8. The van der Waals surface area contributed by atoms with Gasteiger partial charge in [-0.1, -0.05) is 0 Å². The fourth-order valence-electron chi connectivity index (χ4n) is 0.682. The number of nitrogens with one attached hydrogen (secondary N) is 1. The molecule has 0 aliphatic rings. The summed E-state index contributed by atoms with van der Waals surface area (Å²) in [5.74, 6) is -1.23. The molecule has 5 heteroatoms. The van der Waals surface area contributed by atoms with E-state index >= 15 is 0 Å². The van der Waals surface area contributed by atoms with Crippen LogP contribution in [-0.2, 0) is 0 Å². The highest BCUT2D eigenvalue weighted by atomic mass is 16.4. The second kappa shape index (κ2) is 2.88. The van der Waals surface area contributed by atoms with Crippen LogP contribution >= 0.6 is 0 Å². The molecule has 1 heterocycles. The van der Waals surface area contributed by atoms with Crippen molar-refractivity contribution in [3.63, 3.8) is 0 Å². The van der Waals surface area contributed by atoms with E-state index in [4.69, 9.17) is 10.4 Å². The Morgan fingerprint density at radius 1 is 1.67 bits per heavy atom. The van der Waals surface area contributed by atoms with Gasteiger partial charge in [-0.2, -0.15) is 5.26 Å². The van der Waals surface area contributed by atoms with E-state index in [0.717, 1.165) is 12.3 Å². The third-order valence-electron chi connectivity index (χ3n) is 1.26. The van der Waals surface area contributed by atoms with Crippen molar-refractivity contribution in [3.05, 3.63) is 33.7 Å². The Labute approximate surface area is 66.9 Å². The lowest BCUT2D eigenvalue weighted by Gasteiger charge is -1.92. The number of pyridine rings is 1. The predicted molar refractivity (Wildman–Crippen MR) is 38.7 cm³/mol. The Hall–Kier alpha value is -2.09. The summed E-state index contributed by atoms with van der Waals surface area (Å²) in [6.45, 7) is 0. The average Bonchev–Trinajstić information content (AvgIpc) is 2.04. The van der Waals surface area contributed by atoms with E-state index in [1.807, 2.05) is 0 Å². The summed E-state index contributed by atoms with van der Waals surface area (Å²) in [4.78, 5) is 23.5. The quantitative estimate of drug-likeness (QED) is 0.608. The number of aromatic carboxylic acids is 1. The maximum Gasteiger partial charge on any atom is 0.352 e. The van der Waals surface area contributed by atoms with Crippen LogP contribution in [0.15, 0.2) is 17.1 Å². The molecule has 2 N–H and O–H groups in total. The van der Waals surface area contributed by atoms with Gasteiger partial charge in [0.2, 0.25) is 0 Å². The van der Waals surface area contributed by atoms with Crippen molar-refractivity contribution in [1.82, 2.24) is 4.98 Å². The first-order chi connectivity index (χ1) is 5.65. The molecule has 0 amide bonds. The highest BCUT2D eigenvalue weighted by Crippen LogP contribution is 1.91. The van der Waals surface area contributed by atoms with Gasteiger partial charge in [0.1, 0.15) is 17.3 Å². The zero-order chi connectivity index (χ0) is 9.14. The average molecular weight is 164 g/mol. The molecular formula is C7H4N2O3. The van der Waals surface area contributed by atoms with Gasteiger partial charge in [-0.05, 0) is 0 Å². The number of nitriles is 1. The molecule has 5 nitrogen and oxygen atoms in total. The molecule has 0 unspecified atom stereocenters. The third-order valence-corrected chi connectivity index (χ3v) is 1.26. The van der Waals surface area contributed by atoms with Gasteiger partial charge in [-0.15, -0.1) is 0 Å². The number of nitrogens with zero attached hydrogens (tertiary/aromatic N) is 1. The zero-order valence-corrected chi connectivity index (χ0v) is 5.87. The van der Waals surface area contributed by atoms with Crippen molar-refractivity contribution in [1.29, 1.82) is 5.26 Å². The first-order valence-corrected chi connectivity index (χ1v) is 3.01. The molecule has 0 radical (unpaired) electrons. The van der Waals surface area contributed by atoms with Crippen LogP contribution in [0.5, 0.6) is 0 Å². The maximum absolute atomic E-state index is 10.9. The number of rotatable bonds is 1. The number of aromatic nitrogens is 1. The second-order valence-corrected chi connectivity index (χ2v) is 2.04. The molecule has 60 valence electrons. The van der Waals surface area contributed by atoms with Gasteiger partial charge in [0, 0.05) is 12.3 Å². The third kappa shape index (κ3) is 1.32. The molecule has 0 aliphatic carbocycles. The first-order valence-electron chi connectivity index (χ1n) is 3.01. The summed E-state index contributed by atoms with van der Waals surface area (Å²) in [6, 6.07) is 2.50. The van der Waals surface area contributed by atoms with Crippen molar-refractivity contribution in [3.8, 4) is 6.07 Å². The van der Waals surface area contributed by atoms with E-state index in [-0.39, 0.29) is 11.3 Å². The number of carboxylic acid groups (broad SMARTS) is 1. The highest BCUT2D eigenvalue weighted by Gasteiger charge is 2.05. The van der Waals surface area contributed by atoms with Gasteiger partial charge in [-0.25, -0.2) is 4.79 Å². The van der Waals surface area contributed by atoms with Crippen molar-refractivity contribution in [2.45, 2.75) is 0 Å². The van der Waals surface area contributed by atoms with Gasteiger partial charge < -0.3 is 10.1 Å². The first kappa shape index (κ1) is 8.01. The molecule has 0 saturated carbocycles. The fraction of sp³-hybridized carbons (Fsp3) is 0. The van der Waals surface area contributed by atoms with Gasteiger partial charge in [0.15, 0.2) is 5.43 Å². The van der Waals surface area contributed by atoms with Crippen molar-refractivity contribution in [2.75, 3.05) is 0 Å². The van der Waals surface area contributed by atoms with Crippen molar-refractivity contribution in [2.24, 2.45) is 0 Å². The molecule has 12 heavy (non-hydrogen) atoms. The Balaban J connectivity index is 3.31. The number of carboxylic acids is 1. The molecule has 0 bridgehead atoms. The van der Waals surface area contributed by atoms with Crippen LogP contribution in [0.4, 0.5) is 0 Å². The van der Waals surface area contributed by atoms with Crippen LogP contribution in [0.25, 0.3) is 0 Å². The topological polar surface area (TPSA) is 93.9 Å². The maximum atomic E-state index is 10.9. The van der Waals surface area contributed by atoms with Crippen molar-refractivity contribution >= 4 is 5.97 Å². The largest absolute Gasteiger partial charge is 0.477 e. The predicted octanol–water partition coefficient (Wildman–Crippen LogP) is -0.0552. The van der Waals surface area contributed by atoms with Gasteiger partial charge in [-0.3, -0.25) is 4.79 Å². The SMILES string of the molecule is N#Cc1c[nH]c(C(=O)O)cc1=O. The van der Waals surface area contributed by atoms with Crippen LogP contribution in [0.2, 0.25) is 0 Å². The summed E-state index contributed by atoms with van der Waals surface area (Å²) >= 11 is 0. The van der Waals surface area contributed by atoms with Gasteiger partial charge in [0.05, 0.1) is 0 Å². The van der Waals surface area contributed by atoms with Crippen LogP contribution in [-0.4, -0.2) is 16.1 Å². The van der Waals surface area contributed by atoms with Crippen LogP contribution in [0, 0.1) is 11.3 Å². The molecule has 1 aromatic rings. The minimum absolute atomic E-state index is 0.0972. The minimum Gasteiger partial charge on any atom is -0.477 e. The van der Waals surface area contributed by atoms with Crippen LogP contribution < -0.4 is 5.43 Å². The molecule has 0 saturated heterocycles. The van der Waals surface area contributed by atoms with E-state index in [1.54, 1.807) is 6.07 Å². The molecule has 0 fully saturated rings. The minimum atomic E-state index is -1.23. The van der Waals surface area contributed by atoms with Crippen LogP contribution in [0.3, 0.4) is 0 Å². The molecule has 1 rings (SSSR count). The van der Waals surface area contributed by atoms with E-state index in [1.165, 1.54) is 0 Å². The number of hydrogen-bond acceptors (Lipinski definition) is 3. The lowest BCUT2D eigenvalue weighted by molar-refractivity contribution is 0.0690. The second-order valence-electron chi connectivity index (χ2n) is 2.04. The number of H-pyrrole nitrogens is 1. The van der Waals surface area contributed by atoms with Gasteiger partial charge in [0.25, 0.3) is 0 Å². The summed E-state index contributed by atoms with van der Waals surface area (Å²) < 4.78 is 0. The van der Waals surface area contributed by atoms with E-state index in [9.17, 15) is 9.59 Å². The smallest absolute Gasteiger partial charge is 0.352 e. The normalized spacial score (nSPS) is 8.92. The van der Waals surface area contributed by atoms with E-state index in [0.29, 0.717) is 0 Å². The molecule has 1 aromatic heterocycles. The van der Waals surface area contributed by atoms with Gasteiger partial charge >= 0.3 is 5.97 Å². The number of carbonyl (C=O) groups is 1. The van der Waals surface area contributed by atoms with Crippen molar-refractivity contribution < 1.29 is 9.90 Å². The van der Waals surface area contributed by atoms with E-state index in [2.05, 4.69) is 4.98 Å². The Bertz CT molecular complexity index is 413. The highest BCUT2D eigenvalue weighted by molar-refractivity contribution is 5.85. The molecule has 0 spiro atoms. The Morgan fingerprint density at radius 3 is 2.75 bits per heavy atom. The summed E-state index contributed by atoms with van der Waals surface area (Å²) in [5.41, 5.74) is -0.910. The lowest BCUT2D eigenvalue weighted by Crippen LogP contribution is -2.10.